The lowest BCUT2D eigenvalue weighted by Crippen LogP contribution is -2.11. The topological polar surface area (TPSA) is 99.0 Å². The van der Waals surface area contributed by atoms with Crippen LogP contribution in [0.2, 0.25) is 0 Å². The first-order valence-corrected chi connectivity index (χ1v) is 7.72. The number of aromatic nitrogens is 4. The Bertz CT molecular complexity index is 921. The van der Waals surface area contributed by atoms with Crippen LogP contribution in [0.1, 0.15) is 13.8 Å². The van der Waals surface area contributed by atoms with Crippen LogP contribution in [0.3, 0.4) is 0 Å². The average Bonchev–Trinajstić information content (AvgIpc) is 2.92. The second kappa shape index (κ2) is 7.08. The third kappa shape index (κ3) is 3.79. The van der Waals surface area contributed by atoms with Gasteiger partial charge in [-0.3, -0.25) is 14.6 Å². The number of fused-ring (bicyclic) bond motifs is 1. The van der Waals surface area contributed by atoms with E-state index in [1.54, 1.807) is 23.3 Å². The Morgan fingerprint density at radius 1 is 1.20 bits per heavy atom. The predicted octanol–water partition coefficient (Wildman–Crippen LogP) is 2.01. The van der Waals surface area contributed by atoms with Crippen LogP contribution in [0.15, 0.2) is 36.8 Å². The fraction of sp³-hybridized carbons (Fsp3) is 0.235. The van der Waals surface area contributed by atoms with Gasteiger partial charge in [-0.1, -0.05) is 0 Å². The number of anilines is 1. The van der Waals surface area contributed by atoms with Crippen LogP contribution in [0.25, 0.3) is 22.2 Å². The summed E-state index contributed by atoms with van der Waals surface area (Å²) >= 11 is 0. The molecule has 0 atom stereocenters. The molecule has 0 bridgehead atoms. The van der Waals surface area contributed by atoms with Crippen LogP contribution < -0.4 is 5.32 Å². The normalized spacial score (nSPS) is 10.6. The molecule has 0 unspecified atom stereocenters. The van der Waals surface area contributed by atoms with E-state index in [0.717, 1.165) is 11.1 Å². The van der Waals surface area contributed by atoms with Crippen molar-refractivity contribution in [1.29, 1.82) is 0 Å². The molecule has 0 aromatic carbocycles. The summed E-state index contributed by atoms with van der Waals surface area (Å²) in [5, 5.41) is 7.81. The number of nitrogens with zero attached hydrogens (tertiary/aromatic N) is 4. The van der Waals surface area contributed by atoms with E-state index in [1.807, 2.05) is 18.2 Å². The molecule has 0 radical (unpaired) electrons. The molecule has 3 aromatic rings. The molecule has 0 aliphatic heterocycles. The summed E-state index contributed by atoms with van der Waals surface area (Å²) in [5.74, 6) is -0.152. The number of ether oxygens (including phenoxy) is 1. The summed E-state index contributed by atoms with van der Waals surface area (Å²) in [6.07, 6.45) is 5.15. The van der Waals surface area contributed by atoms with Crippen LogP contribution in [0.5, 0.6) is 0 Å². The van der Waals surface area contributed by atoms with Gasteiger partial charge in [0.25, 0.3) is 0 Å². The highest BCUT2D eigenvalue weighted by atomic mass is 16.5. The van der Waals surface area contributed by atoms with Gasteiger partial charge in [0, 0.05) is 38.0 Å². The van der Waals surface area contributed by atoms with E-state index in [0.29, 0.717) is 23.4 Å². The summed E-state index contributed by atoms with van der Waals surface area (Å²) in [5.41, 5.74) is 2.46. The van der Waals surface area contributed by atoms with Gasteiger partial charge in [-0.15, -0.1) is 0 Å². The molecular formula is C17H17N5O3. The Hall–Kier alpha value is -3.29. The third-order valence-electron chi connectivity index (χ3n) is 3.50. The van der Waals surface area contributed by atoms with Gasteiger partial charge in [-0.05, 0) is 23.8 Å². The number of esters is 1. The molecule has 0 saturated heterocycles. The van der Waals surface area contributed by atoms with Gasteiger partial charge < -0.3 is 10.1 Å². The maximum absolute atomic E-state index is 11.5. The zero-order valence-corrected chi connectivity index (χ0v) is 13.9. The first-order chi connectivity index (χ1) is 12.0. The number of pyridine rings is 2. The zero-order valence-electron chi connectivity index (χ0n) is 13.9. The number of rotatable bonds is 5. The molecule has 0 fully saturated rings. The van der Waals surface area contributed by atoms with Crippen LogP contribution >= 0.6 is 0 Å². The molecule has 0 aliphatic carbocycles. The molecule has 8 nitrogen and oxygen atoms in total. The number of nitrogens with one attached hydrogen (secondary N) is 1. The molecule has 1 amide bonds. The maximum atomic E-state index is 11.5. The number of hydrogen-bond donors (Lipinski definition) is 1. The largest absolute Gasteiger partial charge is 0.464 e. The van der Waals surface area contributed by atoms with Crippen molar-refractivity contribution in [2.45, 2.75) is 20.4 Å². The summed E-state index contributed by atoms with van der Waals surface area (Å²) in [6.45, 7) is 3.30. The SMILES string of the molecule is CC(=O)Nc1nn(CCOC(C)=O)c2ncc(-c3ccncc3)cc12. The molecule has 0 saturated carbocycles. The van der Waals surface area contributed by atoms with Gasteiger partial charge in [-0.25, -0.2) is 9.67 Å². The molecule has 25 heavy (non-hydrogen) atoms. The Balaban J connectivity index is 2.01. The molecule has 8 heteroatoms. The van der Waals surface area contributed by atoms with Crippen molar-refractivity contribution < 1.29 is 14.3 Å². The van der Waals surface area contributed by atoms with Crippen LogP contribution in [0, 0.1) is 0 Å². The Morgan fingerprint density at radius 2 is 1.96 bits per heavy atom. The van der Waals surface area contributed by atoms with Crippen molar-refractivity contribution in [2.24, 2.45) is 0 Å². The summed E-state index contributed by atoms with van der Waals surface area (Å²) < 4.78 is 6.57. The van der Waals surface area contributed by atoms with Crippen LogP contribution in [-0.2, 0) is 20.9 Å². The molecule has 0 aliphatic rings. The first-order valence-electron chi connectivity index (χ1n) is 7.72. The van der Waals surface area contributed by atoms with Gasteiger partial charge in [0.2, 0.25) is 5.91 Å². The summed E-state index contributed by atoms with van der Waals surface area (Å²) in [4.78, 5) is 30.9. The van der Waals surface area contributed by atoms with Gasteiger partial charge in [0.15, 0.2) is 11.5 Å². The van der Waals surface area contributed by atoms with E-state index >= 15 is 0 Å². The van der Waals surface area contributed by atoms with E-state index < -0.39 is 0 Å². The first kappa shape index (κ1) is 16.6. The molecule has 3 rings (SSSR count). The van der Waals surface area contributed by atoms with E-state index in [-0.39, 0.29) is 18.5 Å². The fourth-order valence-electron chi connectivity index (χ4n) is 2.45. The average molecular weight is 339 g/mol. The van der Waals surface area contributed by atoms with Crippen molar-refractivity contribution >= 4 is 28.7 Å². The minimum Gasteiger partial charge on any atom is -0.464 e. The van der Waals surface area contributed by atoms with Crippen molar-refractivity contribution in [1.82, 2.24) is 19.7 Å². The van der Waals surface area contributed by atoms with E-state index in [4.69, 9.17) is 4.74 Å². The lowest BCUT2D eigenvalue weighted by molar-refractivity contribution is -0.141. The minimum atomic E-state index is -0.355. The van der Waals surface area contributed by atoms with Gasteiger partial charge in [0.1, 0.15) is 6.61 Å². The van der Waals surface area contributed by atoms with Crippen molar-refractivity contribution in [3.05, 3.63) is 36.8 Å². The van der Waals surface area contributed by atoms with Crippen molar-refractivity contribution in [2.75, 3.05) is 11.9 Å². The van der Waals surface area contributed by atoms with Crippen molar-refractivity contribution in [3.8, 4) is 11.1 Å². The van der Waals surface area contributed by atoms with Crippen LogP contribution in [-0.4, -0.2) is 38.2 Å². The zero-order chi connectivity index (χ0) is 17.8. The standard InChI is InChI=1S/C17H17N5O3/c1-11(23)20-16-15-9-14(13-3-5-18-6-4-13)10-19-17(15)22(21-16)7-8-25-12(2)24/h3-6,9-10H,7-8H2,1-2H3,(H,20,21,23). The number of carbonyl (C=O) groups is 2. The van der Waals surface area contributed by atoms with E-state index in [9.17, 15) is 9.59 Å². The van der Waals surface area contributed by atoms with Gasteiger partial charge in [0.05, 0.1) is 11.9 Å². The van der Waals surface area contributed by atoms with Gasteiger partial charge in [-0.2, -0.15) is 5.10 Å². The number of carbonyl (C=O) groups excluding carboxylic acids is 2. The Morgan fingerprint density at radius 3 is 2.64 bits per heavy atom. The lowest BCUT2D eigenvalue weighted by atomic mass is 10.1. The van der Waals surface area contributed by atoms with Crippen molar-refractivity contribution in [3.63, 3.8) is 0 Å². The highest BCUT2D eigenvalue weighted by molar-refractivity contribution is 5.99. The maximum Gasteiger partial charge on any atom is 0.302 e. The smallest absolute Gasteiger partial charge is 0.302 e. The molecule has 128 valence electrons. The minimum absolute atomic E-state index is 0.180. The highest BCUT2D eigenvalue weighted by Crippen LogP contribution is 2.27. The van der Waals surface area contributed by atoms with Gasteiger partial charge >= 0.3 is 5.97 Å². The summed E-state index contributed by atoms with van der Waals surface area (Å²) in [7, 11) is 0. The molecule has 3 heterocycles. The number of amides is 1. The lowest BCUT2D eigenvalue weighted by Gasteiger charge is -2.04. The third-order valence-corrected chi connectivity index (χ3v) is 3.50. The molecular weight excluding hydrogens is 322 g/mol. The highest BCUT2D eigenvalue weighted by Gasteiger charge is 2.14. The van der Waals surface area contributed by atoms with Crippen LogP contribution in [0.4, 0.5) is 5.82 Å². The monoisotopic (exact) mass is 339 g/mol. The Kier molecular flexibility index (Phi) is 4.69. The predicted molar refractivity (Wildman–Crippen MR) is 91.7 cm³/mol. The Labute approximate surface area is 143 Å². The summed E-state index contributed by atoms with van der Waals surface area (Å²) in [6, 6.07) is 5.68. The molecule has 3 aromatic heterocycles. The second-order valence-corrected chi connectivity index (χ2v) is 5.42. The fourth-order valence-corrected chi connectivity index (χ4v) is 2.45. The molecule has 0 spiro atoms. The van der Waals surface area contributed by atoms with E-state index in [1.165, 1.54) is 13.8 Å². The van der Waals surface area contributed by atoms with E-state index in [2.05, 4.69) is 20.4 Å². The second-order valence-electron chi connectivity index (χ2n) is 5.42. The quantitative estimate of drug-likeness (QED) is 0.714. The number of hydrogen-bond acceptors (Lipinski definition) is 6. The molecule has 1 N–H and O–H groups in total.